The van der Waals surface area contributed by atoms with Gasteiger partial charge in [-0.05, 0) is 36.8 Å². The second-order valence-electron chi connectivity index (χ2n) is 4.45. The van der Waals surface area contributed by atoms with Gasteiger partial charge in [-0.1, -0.05) is 6.07 Å². The van der Waals surface area contributed by atoms with Gasteiger partial charge < -0.3 is 10.0 Å². The quantitative estimate of drug-likeness (QED) is 0.770. The highest BCUT2D eigenvalue weighted by Gasteiger charge is 2.27. The highest BCUT2D eigenvalue weighted by Crippen LogP contribution is 2.36. The van der Waals surface area contributed by atoms with E-state index in [4.69, 9.17) is 0 Å². The molecule has 0 amide bonds. The van der Waals surface area contributed by atoms with Crippen LogP contribution >= 0.6 is 0 Å². The minimum Gasteiger partial charge on any atom is -0.508 e. The molecule has 2 nitrogen and oxygen atoms in total. The average molecular weight is 189 g/mol. The van der Waals surface area contributed by atoms with Crippen molar-refractivity contribution in [2.45, 2.75) is 19.3 Å². The van der Waals surface area contributed by atoms with E-state index >= 15 is 0 Å². The van der Waals surface area contributed by atoms with Crippen molar-refractivity contribution in [3.8, 4) is 5.75 Å². The van der Waals surface area contributed by atoms with E-state index in [0.717, 1.165) is 18.9 Å². The number of fused-ring (bicyclic) bond motifs is 1. The van der Waals surface area contributed by atoms with Crippen LogP contribution in [0.5, 0.6) is 5.75 Å². The van der Waals surface area contributed by atoms with E-state index in [1.807, 2.05) is 6.07 Å². The number of anilines is 1. The van der Waals surface area contributed by atoms with Gasteiger partial charge in [0.15, 0.2) is 0 Å². The summed E-state index contributed by atoms with van der Waals surface area (Å²) in [6, 6.07) is 5.75. The molecule has 0 radical (unpaired) electrons. The van der Waals surface area contributed by atoms with Crippen molar-refractivity contribution < 1.29 is 5.11 Å². The number of benzene rings is 1. The summed E-state index contributed by atoms with van der Waals surface area (Å²) in [5.41, 5.74) is 2.65. The zero-order valence-electron chi connectivity index (χ0n) is 8.24. The van der Waals surface area contributed by atoms with Crippen molar-refractivity contribution >= 4 is 5.69 Å². The van der Waals surface area contributed by atoms with Gasteiger partial charge in [0, 0.05) is 24.8 Å². The standard InChI is InChI=1S/C12H15NO/c14-11-4-3-10-5-6-13(12(10)7-11)8-9-1-2-9/h3-4,7,9,14H,1-2,5-6,8H2. The third kappa shape index (κ3) is 1.35. The topological polar surface area (TPSA) is 23.5 Å². The summed E-state index contributed by atoms with van der Waals surface area (Å²) >= 11 is 0. The Morgan fingerprint density at radius 1 is 1.36 bits per heavy atom. The molecule has 14 heavy (non-hydrogen) atoms. The Kier molecular flexibility index (Phi) is 1.69. The first-order valence-corrected chi connectivity index (χ1v) is 5.40. The fraction of sp³-hybridized carbons (Fsp3) is 0.500. The molecule has 1 aliphatic carbocycles. The molecular weight excluding hydrogens is 174 g/mol. The fourth-order valence-electron chi connectivity index (χ4n) is 2.24. The predicted molar refractivity (Wildman–Crippen MR) is 56.7 cm³/mol. The van der Waals surface area contributed by atoms with Crippen LogP contribution in [0.25, 0.3) is 0 Å². The zero-order chi connectivity index (χ0) is 9.54. The number of phenolic OH excluding ortho intramolecular Hbond substituents is 1. The molecule has 0 aromatic heterocycles. The second-order valence-corrected chi connectivity index (χ2v) is 4.45. The van der Waals surface area contributed by atoms with Gasteiger partial charge >= 0.3 is 0 Å². The van der Waals surface area contributed by atoms with Crippen molar-refractivity contribution in [3.05, 3.63) is 23.8 Å². The van der Waals surface area contributed by atoms with Crippen LogP contribution in [0.15, 0.2) is 18.2 Å². The van der Waals surface area contributed by atoms with Gasteiger partial charge in [0.25, 0.3) is 0 Å². The lowest BCUT2D eigenvalue weighted by atomic mass is 10.1. The Morgan fingerprint density at radius 2 is 2.21 bits per heavy atom. The molecule has 2 aliphatic rings. The van der Waals surface area contributed by atoms with Crippen LogP contribution in [0.3, 0.4) is 0 Å². The van der Waals surface area contributed by atoms with Crippen molar-refractivity contribution in [1.82, 2.24) is 0 Å². The maximum absolute atomic E-state index is 9.44. The molecule has 1 aliphatic heterocycles. The summed E-state index contributed by atoms with van der Waals surface area (Å²) in [4.78, 5) is 2.42. The minimum absolute atomic E-state index is 0.395. The molecule has 1 N–H and O–H groups in total. The van der Waals surface area contributed by atoms with Crippen molar-refractivity contribution in [1.29, 1.82) is 0 Å². The number of aromatic hydroxyl groups is 1. The van der Waals surface area contributed by atoms with Crippen molar-refractivity contribution in [2.24, 2.45) is 5.92 Å². The largest absolute Gasteiger partial charge is 0.508 e. The van der Waals surface area contributed by atoms with Gasteiger partial charge in [0.05, 0.1) is 0 Å². The molecule has 3 rings (SSSR count). The van der Waals surface area contributed by atoms with Crippen LogP contribution in [0.4, 0.5) is 5.69 Å². The molecule has 0 saturated heterocycles. The highest BCUT2D eigenvalue weighted by molar-refractivity contribution is 5.60. The normalized spacial score (nSPS) is 19.9. The summed E-state index contributed by atoms with van der Waals surface area (Å²) in [6.45, 7) is 2.33. The Balaban J connectivity index is 1.87. The van der Waals surface area contributed by atoms with Crippen LogP contribution in [0.1, 0.15) is 18.4 Å². The molecule has 1 heterocycles. The van der Waals surface area contributed by atoms with Gasteiger partial charge in [0.2, 0.25) is 0 Å². The number of hydrogen-bond acceptors (Lipinski definition) is 2. The molecule has 0 spiro atoms. The summed E-state index contributed by atoms with van der Waals surface area (Å²) in [5, 5.41) is 9.44. The molecule has 1 fully saturated rings. The monoisotopic (exact) mass is 189 g/mol. The lowest BCUT2D eigenvalue weighted by Crippen LogP contribution is -2.22. The molecule has 1 saturated carbocycles. The van der Waals surface area contributed by atoms with Gasteiger partial charge in [0.1, 0.15) is 5.75 Å². The first-order chi connectivity index (χ1) is 6.83. The lowest BCUT2D eigenvalue weighted by Gasteiger charge is -2.18. The van der Waals surface area contributed by atoms with E-state index in [9.17, 15) is 5.11 Å². The summed E-state index contributed by atoms with van der Waals surface area (Å²) in [7, 11) is 0. The van der Waals surface area contributed by atoms with Crippen LogP contribution in [-0.2, 0) is 6.42 Å². The highest BCUT2D eigenvalue weighted by atomic mass is 16.3. The van der Waals surface area contributed by atoms with E-state index in [0.29, 0.717) is 5.75 Å². The molecule has 2 heteroatoms. The third-order valence-corrected chi connectivity index (χ3v) is 3.24. The van der Waals surface area contributed by atoms with Crippen LogP contribution in [0.2, 0.25) is 0 Å². The van der Waals surface area contributed by atoms with E-state index in [1.54, 1.807) is 6.07 Å². The van der Waals surface area contributed by atoms with Gasteiger partial charge in [-0.2, -0.15) is 0 Å². The molecule has 0 bridgehead atoms. The van der Waals surface area contributed by atoms with Crippen molar-refractivity contribution in [3.63, 3.8) is 0 Å². The van der Waals surface area contributed by atoms with E-state index in [1.165, 1.54) is 30.6 Å². The smallest absolute Gasteiger partial charge is 0.117 e. The van der Waals surface area contributed by atoms with E-state index in [2.05, 4.69) is 11.0 Å². The van der Waals surface area contributed by atoms with Crippen molar-refractivity contribution in [2.75, 3.05) is 18.0 Å². The van der Waals surface area contributed by atoms with E-state index in [-0.39, 0.29) is 0 Å². The average Bonchev–Trinajstić information content (AvgIpc) is 2.90. The number of nitrogens with zero attached hydrogens (tertiary/aromatic N) is 1. The summed E-state index contributed by atoms with van der Waals surface area (Å²) in [6.07, 6.45) is 3.93. The van der Waals surface area contributed by atoms with Crippen LogP contribution in [-0.4, -0.2) is 18.2 Å². The van der Waals surface area contributed by atoms with Gasteiger partial charge in [-0.15, -0.1) is 0 Å². The second kappa shape index (κ2) is 2.91. The Bertz CT molecular complexity index is 357. The van der Waals surface area contributed by atoms with E-state index < -0.39 is 0 Å². The van der Waals surface area contributed by atoms with Gasteiger partial charge in [-0.3, -0.25) is 0 Å². The fourth-order valence-corrected chi connectivity index (χ4v) is 2.24. The number of phenols is 1. The lowest BCUT2D eigenvalue weighted by molar-refractivity contribution is 0.475. The van der Waals surface area contributed by atoms with Crippen LogP contribution < -0.4 is 4.90 Å². The summed E-state index contributed by atoms with van der Waals surface area (Å²) < 4.78 is 0. The maximum Gasteiger partial charge on any atom is 0.117 e. The Labute approximate surface area is 84.2 Å². The number of rotatable bonds is 2. The molecule has 74 valence electrons. The predicted octanol–water partition coefficient (Wildman–Crippen LogP) is 2.16. The molecule has 1 aromatic carbocycles. The summed E-state index contributed by atoms with van der Waals surface area (Å²) in [5.74, 6) is 1.31. The molecule has 0 atom stereocenters. The maximum atomic E-state index is 9.44. The zero-order valence-corrected chi connectivity index (χ0v) is 8.24. The molecular formula is C12H15NO. The molecule has 0 unspecified atom stereocenters. The number of hydrogen-bond donors (Lipinski definition) is 1. The SMILES string of the molecule is Oc1ccc2c(c1)N(CC1CC1)CC2. The van der Waals surface area contributed by atoms with Crippen LogP contribution in [0, 0.1) is 5.92 Å². The Morgan fingerprint density at radius 3 is 3.00 bits per heavy atom. The first kappa shape index (κ1) is 8.16. The Hall–Kier alpha value is -1.18. The first-order valence-electron chi connectivity index (χ1n) is 5.40. The molecule has 1 aromatic rings. The van der Waals surface area contributed by atoms with Gasteiger partial charge in [-0.25, -0.2) is 0 Å². The third-order valence-electron chi connectivity index (χ3n) is 3.24. The minimum atomic E-state index is 0.395.